The highest BCUT2D eigenvalue weighted by Gasteiger charge is 2.45. The zero-order valence-electron chi connectivity index (χ0n) is 61.6. The predicted octanol–water partition coefficient (Wildman–Crippen LogP) is 19.8. The monoisotopic (exact) mass is 1430 g/mol. The van der Waals surface area contributed by atoms with Crippen LogP contribution in [0.5, 0.6) is 0 Å². The Labute approximate surface area is 557 Å². The molecule has 5 N–H and O–H groups in total. The summed E-state index contributed by atoms with van der Waals surface area (Å²) in [5.41, 5.74) is 7.05. The molecule has 0 bridgehead atoms. The van der Waals surface area contributed by atoms with Gasteiger partial charge in [-0.05, 0) is 85.2 Å². The maximum Gasteiger partial charge on any atom is 0.326 e. The maximum atomic E-state index is 12.8. The molecule has 0 saturated heterocycles. The second-order valence-electron chi connectivity index (χ2n) is 18.3. The van der Waals surface area contributed by atoms with Crippen molar-refractivity contribution in [2.45, 2.75) is 5.60 Å². The fraction of sp³-hybridized carbons (Fsp3) is 0.0135. The van der Waals surface area contributed by atoms with Gasteiger partial charge in [0, 0.05) is 72.1 Å². The fourth-order valence-corrected chi connectivity index (χ4v) is 12.7. The molecule has 0 saturated carbocycles. The number of hydrogen-bond acceptors (Lipinski definition) is 3. The molecule has 0 aliphatic heterocycles. The van der Waals surface area contributed by atoms with Gasteiger partial charge in [-0.3, -0.25) is 4.79 Å². The Morgan fingerprint density at radius 2 is 0.750 bits per heavy atom. The van der Waals surface area contributed by atoms with Gasteiger partial charge < -0.3 is 15.6 Å². The van der Waals surface area contributed by atoms with Gasteiger partial charge in [-0.25, -0.2) is 0 Å². The second kappa shape index (κ2) is 27.1. The van der Waals surface area contributed by atoms with Gasteiger partial charge in [0.2, 0.25) is 0 Å². The number of hydrogen-bond donors (Lipinski definition) is 2. The van der Waals surface area contributed by atoms with Crippen molar-refractivity contribution in [3.05, 3.63) is 335 Å². The first-order valence-corrected chi connectivity index (χ1v) is 29.3. The van der Waals surface area contributed by atoms with Crippen molar-refractivity contribution >= 4 is 131 Å². The summed E-state index contributed by atoms with van der Waals surface area (Å²) in [6.45, 7) is 0. The van der Waals surface area contributed by atoms with Gasteiger partial charge in [0.25, 0.3) is 0 Å². The van der Waals surface area contributed by atoms with Crippen LogP contribution in [0, 0.1) is 0 Å². The molecule has 15 rings (SSSR count). The Bertz CT molecular complexity index is 5440. The van der Waals surface area contributed by atoms with E-state index in [1.54, 1.807) is 72.8 Å². The molecule has 2 aliphatic rings. The Kier molecular flexibility index (Phi) is 13.2. The zero-order valence-corrected chi connectivity index (χ0v) is 51.5. The first-order valence-electron chi connectivity index (χ1n) is 34.3. The summed E-state index contributed by atoms with van der Waals surface area (Å²) in [5, 5.41) is 22.2. The van der Waals surface area contributed by atoms with Crippen molar-refractivity contribution < 1.29 is 45.1 Å². The summed E-state index contributed by atoms with van der Waals surface area (Å²) in [5.74, 6) is 0.127. The van der Waals surface area contributed by atoms with E-state index >= 15 is 0 Å². The van der Waals surface area contributed by atoms with Gasteiger partial charge in [0.15, 0.2) is 5.78 Å². The number of ketones is 1. The highest BCUT2D eigenvalue weighted by Crippen LogP contribution is 2.55. The Balaban J connectivity index is 0.000000148. The van der Waals surface area contributed by atoms with E-state index < -0.39 is 11.6 Å². The summed E-state index contributed by atoms with van der Waals surface area (Å²) in [6.07, 6.45) is 0. The minimum absolute atomic E-state index is 0. The molecule has 2 aliphatic carbocycles. The van der Waals surface area contributed by atoms with Crippen LogP contribution in [-0.4, -0.2) is 23.4 Å². The van der Waals surface area contributed by atoms with Crippen LogP contribution in [0.1, 0.15) is 57.3 Å². The second-order valence-corrected chi connectivity index (χ2v) is 22.4. The molecule has 1 radical (unpaired) electrons. The van der Waals surface area contributed by atoms with Crippen LogP contribution in [0.15, 0.2) is 307 Å². The lowest BCUT2D eigenvalue weighted by Crippen LogP contribution is -2.26. The number of halogens is 5. The molecule has 13 aromatic carbocycles. The van der Waals surface area contributed by atoms with E-state index in [2.05, 4.69) is 79.6 Å². The molecule has 0 aromatic heterocycles. The third-order valence-corrected chi connectivity index (χ3v) is 16.6. The van der Waals surface area contributed by atoms with Gasteiger partial charge in [0.05, 0.1) is 24.7 Å². The minimum Gasteiger partial charge on any atom is -0.457 e. The van der Waals surface area contributed by atoms with Crippen LogP contribution in [0.3, 0.4) is 0 Å². The molecular weight excluding hydrogens is 1360 g/mol. The van der Waals surface area contributed by atoms with E-state index in [9.17, 15) is 9.90 Å². The standard InChI is InChI=1S/C29H19BrO.C16H11Br.C13H7BrO.C10H6Br2.C6H6BO.H2O/c30-26-18-8-17-25-28(26)22-13-4-5-15-23(22)29(25,31)24-16-7-12-20-11-6-14-21(27(20)24)19-9-2-1-3-10-19;17-15-11-5-9-13-8-4-10-14(16(13)15)12-6-2-1-3-7-12;14-11-7-3-6-10-12(11)8-4-1-2-5-9(8)13(10)15;11-8-5-1-3-7-4-2-6-9(12)10(7)8;8-7-6-4-2-1-3-5-6;/h1-18,31H;1-11H;1-7H;1-6H;1-5,8H;1H2/p+1/i6D,7D,11D,12D,14D,16D;4D,5D,8D,9D,10D,11D;;1D,2D,3D,4D,5D,6D;;. The molecule has 1 atom stereocenters. The van der Waals surface area contributed by atoms with Crippen molar-refractivity contribution in [2.24, 2.45) is 0 Å². The third-order valence-electron chi connectivity index (χ3n) is 13.5. The van der Waals surface area contributed by atoms with Gasteiger partial charge in [0.1, 0.15) is 5.60 Å². The van der Waals surface area contributed by atoms with Gasteiger partial charge in [-0.1, -0.05) is 340 Å². The van der Waals surface area contributed by atoms with Crippen molar-refractivity contribution in [1.82, 2.24) is 0 Å². The largest absolute Gasteiger partial charge is 0.457 e. The summed E-state index contributed by atoms with van der Waals surface area (Å²) < 4.78 is 150. The zero-order chi connectivity index (χ0) is 73.1. The van der Waals surface area contributed by atoms with Crippen LogP contribution in [0.2, 0.25) is 0 Å². The SMILES string of the molecule is O=C1c2ccccc2-c2c(Br)cccc21.O[B]c1ccccc1.[2H]c1c([2H])c(-c2ccccc2)c2c(C3(O)c4ccccc4-c4c(Br)cccc43)c([2H])c([2H])c([2H])c2c1[2H].[2H]c1c([2H])c(Br)c2c(-c3ccccc3)c([2H])c([2H])c([2H])c2c1[2H].[2H]c1c([2H])c(Br)c2c(Br)c([2H])c([2H])c([2H])c2c1[2H].[OH3+]. The smallest absolute Gasteiger partial charge is 0.326 e. The van der Waals surface area contributed by atoms with Crippen LogP contribution in [0.4, 0.5) is 0 Å². The molecule has 0 spiro atoms. The number of aliphatic hydroxyl groups is 1. The topological polar surface area (TPSA) is 90.5 Å². The van der Waals surface area contributed by atoms with E-state index in [0.717, 1.165) is 55.3 Å². The summed E-state index contributed by atoms with van der Waals surface area (Å²) in [4.78, 5) is 12.0. The van der Waals surface area contributed by atoms with Crippen molar-refractivity contribution in [1.29, 1.82) is 0 Å². The van der Waals surface area contributed by atoms with Crippen molar-refractivity contribution in [3.63, 3.8) is 0 Å². The number of carbonyl (C=O) groups is 1. The minimum atomic E-state index is -1.90. The molecule has 0 amide bonds. The average molecular weight is 1430 g/mol. The number of benzene rings is 13. The molecule has 0 fully saturated rings. The Hall–Kier alpha value is -7.35. The van der Waals surface area contributed by atoms with Gasteiger partial charge in [-0.2, -0.15) is 0 Å². The Morgan fingerprint density at radius 1 is 0.345 bits per heavy atom. The fourth-order valence-electron chi connectivity index (χ4n) is 9.81. The summed E-state index contributed by atoms with van der Waals surface area (Å²) >= 11 is 16.7. The van der Waals surface area contributed by atoms with Crippen molar-refractivity contribution in [3.8, 4) is 44.5 Å². The number of fused-ring (bicyclic) bond motifs is 9. The van der Waals surface area contributed by atoms with Crippen LogP contribution < -0.4 is 5.46 Å². The lowest BCUT2D eigenvalue weighted by atomic mass is 9.80. The van der Waals surface area contributed by atoms with E-state index in [1.165, 1.54) is 0 Å². The molecule has 13 aromatic rings. The van der Waals surface area contributed by atoms with Crippen LogP contribution >= 0.6 is 79.6 Å². The van der Waals surface area contributed by atoms with Gasteiger partial charge in [-0.15, -0.1) is 0 Å². The quantitative estimate of drug-likeness (QED) is 0.136. The third kappa shape index (κ3) is 12.1. The first-order chi connectivity index (χ1) is 48.1. The van der Waals surface area contributed by atoms with Gasteiger partial charge >= 0.3 is 7.48 Å². The lowest BCUT2D eigenvalue weighted by Gasteiger charge is -2.29. The molecule has 0 heterocycles. The highest BCUT2D eigenvalue weighted by atomic mass is 79.9. The van der Waals surface area contributed by atoms with E-state index in [0.29, 0.717) is 38.6 Å². The van der Waals surface area contributed by atoms with Crippen molar-refractivity contribution in [2.75, 3.05) is 0 Å². The predicted molar refractivity (Wildman–Crippen MR) is 369 cm³/mol. The normalized spacial score (nSPS) is 15.9. The molecule has 84 heavy (non-hydrogen) atoms. The summed E-state index contributed by atoms with van der Waals surface area (Å²) in [6, 6.07) is 48.5. The Morgan fingerprint density at radius 3 is 1.31 bits per heavy atom. The highest BCUT2D eigenvalue weighted by molar-refractivity contribution is 9.11. The number of rotatable bonds is 4. The lowest BCUT2D eigenvalue weighted by molar-refractivity contribution is 0.104. The molecular formula is C74H52BBr5O4+. The van der Waals surface area contributed by atoms with E-state index in [4.69, 9.17) is 29.7 Å². The molecule has 1 unspecified atom stereocenters. The summed E-state index contributed by atoms with van der Waals surface area (Å²) in [7, 11) is 1.08. The van der Waals surface area contributed by atoms with Crippen LogP contribution in [-0.2, 0) is 11.1 Å². The van der Waals surface area contributed by atoms with E-state index in [1.807, 2.05) is 103 Å². The molecule has 10 heteroatoms. The molecule has 4 nitrogen and oxygen atoms in total. The first kappa shape index (κ1) is 40.8. The maximum absolute atomic E-state index is 12.8. The average Bonchev–Trinajstić information content (AvgIpc) is 1.42. The number of carbonyl (C=O) groups excluding carboxylic acids is 1. The molecule has 409 valence electrons. The van der Waals surface area contributed by atoms with Crippen LogP contribution in [0.25, 0.3) is 76.8 Å². The van der Waals surface area contributed by atoms with E-state index in [-0.39, 0.29) is 160 Å².